The summed E-state index contributed by atoms with van der Waals surface area (Å²) in [6.07, 6.45) is 0.487. The van der Waals surface area contributed by atoms with E-state index in [1.165, 1.54) is 0 Å². The minimum Gasteiger partial charge on any atom is -0.298 e. The Labute approximate surface area is 117 Å². The fourth-order valence-corrected chi connectivity index (χ4v) is 2.65. The molecule has 0 bridgehead atoms. The molecule has 0 saturated carbocycles. The summed E-state index contributed by atoms with van der Waals surface area (Å²) in [5.41, 5.74) is 0.0564. The Bertz CT molecular complexity index is 652. The first-order valence-electron chi connectivity index (χ1n) is 5.13. The fraction of sp³-hybridized carbons (Fsp3) is 0.0833. The van der Waals surface area contributed by atoms with Crippen molar-refractivity contribution in [3.63, 3.8) is 0 Å². The van der Waals surface area contributed by atoms with Crippen molar-refractivity contribution in [2.24, 2.45) is 0 Å². The summed E-state index contributed by atoms with van der Waals surface area (Å²) < 4.78 is 26.6. The van der Waals surface area contributed by atoms with Crippen LogP contribution < -0.4 is 0 Å². The fourth-order valence-electron chi connectivity index (χ4n) is 1.36. The van der Waals surface area contributed by atoms with E-state index in [0.717, 1.165) is 30.0 Å². The Morgan fingerprint density at radius 3 is 2.74 bits per heavy atom. The highest BCUT2D eigenvalue weighted by Gasteiger charge is 2.15. The van der Waals surface area contributed by atoms with Crippen molar-refractivity contribution in [2.45, 2.75) is 16.8 Å². The Morgan fingerprint density at radius 1 is 1.32 bits per heavy atom. The molecule has 0 amide bonds. The van der Waals surface area contributed by atoms with Crippen LogP contribution in [0.4, 0.5) is 8.78 Å². The number of aldehydes is 1. The first-order valence-corrected chi connectivity index (χ1v) is 6.33. The van der Waals surface area contributed by atoms with Gasteiger partial charge < -0.3 is 0 Å². The summed E-state index contributed by atoms with van der Waals surface area (Å²) in [6.45, 7) is 1.59. The molecular formula is C12H7ClF2N2OS. The maximum atomic E-state index is 13.5. The highest BCUT2D eigenvalue weighted by Crippen LogP contribution is 2.32. The van der Waals surface area contributed by atoms with Gasteiger partial charge in [-0.25, -0.2) is 18.7 Å². The van der Waals surface area contributed by atoms with Gasteiger partial charge in [0.05, 0.1) is 10.5 Å². The molecule has 0 saturated heterocycles. The van der Waals surface area contributed by atoms with Gasteiger partial charge in [-0.3, -0.25) is 4.79 Å². The van der Waals surface area contributed by atoms with Crippen LogP contribution in [0.2, 0.25) is 5.15 Å². The van der Waals surface area contributed by atoms with Crippen molar-refractivity contribution >= 4 is 29.6 Å². The van der Waals surface area contributed by atoms with Gasteiger partial charge in [-0.1, -0.05) is 23.4 Å². The summed E-state index contributed by atoms with van der Waals surface area (Å²) in [7, 11) is 0. The number of hydrogen-bond donors (Lipinski definition) is 0. The van der Waals surface area contributed by atoms with Crippen LogP contribution in [0.25, 0.3) is 0 Å². The van der Waals surface area contributed by atoms with E-state index in [-0.39, 0.29) is 20.6 Å². The molecule has 0 aliphatic heterocycles. The van der Waals surface area contributed by atoms with E-state index in [1.54, 1.807) is 6.92 Å². The molecule has 0 aliphatic rings. The van der Waals surface area contributed by atoms with Crippen LogP contribution in [0.1, 0.15) is 16.2 Å². The molecule has 98 valence electrons. The Morgan fingerprint density at radius 2 is 2.05 bits per heavy atom. The molecule has 0 aliphatic carbocycles. The van der Waals surface area contributed by atoms with Crippen molar-refractivity contribution in [2.75, 3.05) is 0 Å². The lowest BCUT2D eigenvalue weighted by molar-refractivity contribution is 0.112. The van der Waals surface area contributed by atoms with Crippen molar-refractivity contribution in [1.29, 1.82) is 0 Å². The predicted octanol–water partition coefficient (Wildman–Crippen LogP) is 3.68. The number of aryl methyl sites for hydroxylation is 1. The third kappa shape index (κ3) is 3.08. The smallest absolute Gasteiger partial charge is 0.155 e. The first kappa shape index (κ1) is 13.9. The van der Waals surface area contributed by atoms with Gasteiger partial charge in [-0.15, -0.1) is 0 Å². The molecule has 0 unspecified atom stereocenters. The summed E-state index contributed by atoms with van der Waals surface area (Å²) in [4.78, 5) is 18.8. The van der Waals surface area contributed by atoms with Gasteiger partial charge in [0.25, 0.3) is 0 Å². The average Bonchev–Trinajstić information content (AvgIpc) is 2.33. The molecule has 7 heteroatoms. The zero-order chi connectivity index (χ0) is 14.0. The standard InChI is InChI=1S/C12H7ClF2N2OS/c1-6-16-11(13)8(5-18)12(17-6)19-10-4-7(14)2-3-9(10)15/h2-5H,1H3. The normalized spacial score (nSPS) is 10.5. The van der Waals surface area contributed by atoms with E-state index < -0.39 is 11.6 Å². The number of carbonyl (C=O) groups is 1. The Kier molecular flexibility index (Phi) is 4.11. The van der Waals surface area contributed by atoms with Crippen LogP contribution in [-0.4, -0.2) is 16.3 Å². The number of benzene rings is 1. The zero-order valence-corrected chi connectivity index (χ0v) is 11.2. The maximum absolute atomic E-state index is 13.5. The van der Waals surface area contributed by atoms with E-state index in [0.29, 0.717) is 12.1 Å². The second-order valence-corrected chi connectivity index (χ2v) is 4.96. The van der Waals surface area contributed by atoms with Gasteiger partial charge >= 0.3 is 0 Å². The van der Waals surface area contributed by atoms with Gasteiger partial charge in [-0.2, -0.15) is 0 Å². The quantitative estimate of drug-likeness (QED) is 0.640. The first-order chi connectivity index (χ1) is 9.01. The van der Waals surface area contributed by atoms with Crippen LogP contribution in [0.5, 0.6) is 0 Å². The lowest BCUT2D eigenvalue weighted by Crippen LogP contribution is -1.98. The molecule has 2 aromatic rings. The third-order valence-corrected chi connectivity index (χ3v) is 3.52. The average molecular weight is 301 g/mol. The third-order valence-electron chi connectivity index (χ3n) is 2.19. The highest BCUT2D eigenvalue weighted by atomic mass is 35.5. The Balaban J connectivity index is 2.48. The summed E-state index contributed by atoms with van der Waals surface area (Å²) in [5.74, 6) is -0.834. The summed E-state index contributed by atoms with van der Waals surface area (Å²) in [6, 6.07) is 3.05. The second-order valence-electron chi connectivity index (χ2n) is 3.58. The predicted molar refractivity (Wildman–Crippen MR) is 67.6 cm³/mol. The Hall–Kier alpha value is -1.53. The van der Waals surface area contributed by atoms with E-state index in [1.807, 2.05) is 0 Å². The van der Waals surface area contributed by atoms with Gasteiger partial charge in [0.15, 0.2) is 6.29 Å². The lowest BCUT2D eigenvalue weighted by Gasteiger charge is -2.07. The zero-order valence-electron chi connectivity index (χ0n) is 9.65. The molecule has 1 heterocycles. The van der Waals surface area contributed by atoms with Crippen molar-refractivity contribution in [1.82, 2.24) is 9.97 Å². The molecule has 1 aromatic heterocycles. The van der Waals surface area contributed by atoms with Gasteiger partial charge in [-0.05, 0) is 25.1 Å². The van der Waals surface area contributed by atoms with Crippen LogP contribution in [0.3, 0.4) is 0 Å². The maximum Gasteiger partial charge on any atom is 0.155 e. The number of hydrogen-bond acceptors (Lipinski definition) is 4. The molecule has 0 fully saturated rings. The van der Waals surface area contributed by atoms with Crippen molar-refractivity contribution in [3.05, 3.63) is 46.4 Å². The van der Waals surface area contributed by atoms with Crippen molar-refractivity contribution < 1.29 is 13.6 Å². The van der Waals surface area contributed by atoms with Gasteiger partial charge in [0, 0.05) is 0 Å². The van der Waals surface area contributed by atoms with E-state index >= 15 is 0 Å². The molecule has 0 N–H and O–H groups in total. The van der Waals surface area contributed by atoms with E-state index in [4.69, 9.17) is 11.6 Å². The number of carbonyl (C=O) groups excluding carboxylic acids is 1. The molecule has 0 spiro atoms. The minimum absolute atomic E-state index is 0.0122. The summed E-state index contributed by atoms with van der Waals surface area (Å²) >= 11 is 6.63. The monoisotopic (exact) mass is 300 g/mol. The highest BCUT2D eigenvalue weighted by molar-refractivity contribution is 7.99. The molecule has 0 atom stereocenters. The van der Waals surface area contributed by atoms with E-state index in [9.17, 15) is 13.6 Å². The van der Waals surface area contributed by atoms with Crippen LogP contribution >= 0.6 is 23.4 Å². The SMILES string of the molecule is Cc1nc(Cl)c(C=O)c(Sc2cc(F)ccc2F)n1. The molecule has 3 nitrogen and oxygen atoms in total. The molecule has 1 aromatic carbocycles. The second kappa shape index (κ2) is 5.63. The molecule has 19 heavy (non-hydrogen) atoms. The molecule has 2 rings (SSSR count). The summed E-state index contributed by atoms with van der Waals surface area (Å²) in [5, 5.41) is 0.179. The minimum atomic E-state index is -0.601. The van der Waals surface area contributed by atoms with Gasteiger partial charge in [0.1, 0.15) is 27.6 Å². The number of nitrogens with zero attached hydrogens (tertiary/aromatic N) is 2. The van der Waals surface area contributed by atoms with Crippen LogP contribution in [-0.2, 0) is 0 Å². The topological polar surface area (TPSA) is 42.9 Å². The number of aromatic nitrogens is 2. The number of halogens is 3. The largest absolute Gasteiger partial charge is 0.298 e. The van der Waals surface area contributed by atoms with Crippen LogP contribution in [0.15, 0.2) is 28.1 Å². The van der Waals surface area contributed by atoms with Crippen LogP contribution in [0, 0.1) is 18.6 Å². The lowest BCUT2D eigenvalue weighted by atomic mass is 10.3. The van der Waals surface area contributed by atoms with Crippen molar-refractivity contribution in [3.8, 4) is 0 Å². The molecule has 0 radical (unpaired) electrons. The molecular weight excluding hydrogens is 294 g/mol. The van der Waals surface area contributed by atoms with Gasteiger partial charge in [0.2, 0.25) is 0 Å². The number of rotatable bonds is 3. The van der Waals surface area contributed by atoms with E-state index in [2.05, 4.69) is 9.97 Å².